The van der Waals surface area contributed by atoms with E-state index < -0.39 is 0 Å². The maximum atomic E-state index is 8.76. The molecule has 0 saturated heterocycles. The fourth-order valence-electron chi connectivity index (χ4n) is 1.23. The number of benzene rings is 1. The molecule has 12 heavy (non-hydrogen) atoms. The number of rotatable bonds is 0. The summed E-state index contributed by atoms with van der Waals surface area (Å²) in [7, 11) is 0. The average molecular weight is 221 g/mol. The lowest BCUT2D eigenvalue weighted by Crippen LogP contribution is -1.71. The van der Waals surface area contributed by atoms with Gasteiger partial charge in [0.1, 0.15) is 6.07 Å². The van der Waals surface area contributed by atoms with E-state index in [-0.39, 0.29) is 0 Å². The van der Waals surface area contributed by atoms with E-state index in [0.717, 1.165) is 15.4 Å². The van der Waals surface area contributed by atoms with Crippen molar-refractivity contribution in [1.82, 2.24) is 4.98 Å². The Morgan fingerprint density at radius 1 is 1.42 bits per heavy atom. The molecule has 0 unspecified atom stereocenters. The Bertz CT molecular complexity index is 465. The fraction of sp³-hybridized carbons (Fsp3) is 0. The average Bonchev–Trinajstić information content (AvgIpc) is 2.49. The van der Waals surface area contributed by atoms with Crippen LogP contribution in [0.5, 0.6) is 0 Å². The van der Waals surface area contributed by atoms with Crippen molar-refractivity contribution in [3.05, 3.63) is 34.4 Å². The molecule has 0 aliphatic carbocycles. The van der Waals surface area contributed by atoms with Gasteiger partial charge in [-0.2, -0.15) is 5.26 Å². The van der Waals surface area contributed by atoms with E-state index in [1.807, 2.05) is 18.2 Å². The highest BCUT2D eigenvalue weighted by Crippen LogP contribution is 2.25. The molecule has 0 aliphatic heterocycles. The maximum absolute atomic E-state index is 8.76. The second-order valence-corrected chi connectivity index (χ2v) is 3.33. The molecule has 1 aromatic heterocycles. The second kappa shape index (κ2) is 2.65. The summed E-state index contributed by atoms with van der Waals surface area (Å²) in [6, 6.07) is 7.94. The van der Waals surface area contributed by atoms with E-state index in [1.54, 1.807) is 6.20 Å². The molecular formula is C9H5BrN2. The molecule has 58 valence electrons. The topological polar surface area (TPSA) is 39.6 Å². The highest BCUT2D eigenvalue weighted by molar-refractivity contribution is 9.10. The van der Waals surface area contributed by atoms with E-state index >= 15 is 0 Å². The van der Waals surface area contributed by atoms with Crippen LogP contribution in [-0.2, 0) is 0 Å². The first-order chi connectivity index (χ1) is 5.83. The van der Waals surface area contributed by atoms with Crippen LogP contribution in [0.3, 0.4) is 0 Å². The third-order valence-corrected chi connectivity index (χ3v) is 2.44. The quantitative estimate of drug-likeness (QED) is 0.729. The summed E-state index contributed by atoms with van der Waals surface area (Å²) in [6.45, 7) is 0. The zero-order chi connectivity index (χ0) is 8.55. The summed E-state index contributed by atoms with van der Waals surface area (Å²) in [5.74, 6) is 0. The lowest BCUT2D eigenvalue weighted by molar-refractivity contribution is 1.45. The Balaban J connectivity index is 2.95. The summed E-state index contributed by atoms with van der Waals surface area (Å²) < 4.78 is 0.956. The van der Waals surface area contributed by atoms with Gasteiger partial charge in [-0.15, -0.1) is 0 Å². The van der Waals surface area contributed by atoms with Crippen LogP contribution in [0.4, 0.5) is 0 Å². The normalized spacial score (nSPS) is 10.0. The van der Waals surface area contributed by atoms with Gasteiger partial charge in [-0.25, -0.2) is 0 Å². The molecule has 0 radical (unpaired) electrons. The number of nitrogens with one attached hydrogen (secondary N) is 1. The van der Waals surface area contributed by atoms with Crippen molar-refractivity contribution in [1.29, 1.82) is 5.26 Å². The summed E-state index contributed by atoms with van der Waals surface area (Å²) in [5.41, 5.74) is 1.67. The molecule has 0 bridgehead atoms. The van der Waals surface area contributed by atoms with Crippen LogP contribution in [0.25, 0.3) is 10.9 Å². The number of nitrogens with zero attached hydrogens (tertiary/aromatic N) is 1. The summed E-state index contributed by atoms with van der Waals surface area (Å²) in [5, 5.41) is 9.72. The number of hydrogen-bond donors (Lipinski definition) is 1. The van der Waals surface area contributed by atoms with E-state index in [2.05, 4.69) is 27.0 Å². The highest BCUT2D eigenvalue weighted by atomic mass is 79.9. The van der Waals surface area contributed by atoms with Gasteiger partial charge in [0, 0.05) is 21.6 Å². The molecule has 0 fully saturated rings. The summed E-state index contributed by atoms with van der Waals surface area (Å²) in [4.78, 5) is 3.03. The smallest absolute Gasteiger partial charge is 0.101 e. The Morgan fingerprint density at radius 3 is 3.00 bits per heavy atom. The van der Waals surface area contributed by atoms with Gasteiger partial charge in [-0.05, 0) is 12.1 Å². The molecule has 1 heterocycles. The SMILES string of the molecule is N#Cc1c[nH]c2cccc(Br)c12. The molecule has 0 aliphatic rings. The monoisotopic (exact) mass is 220 g/mol. The van der Waals surface area contributed by atoms with Crippen molar-refractivity contribution in [3.63, 3.8) is 0 Å². The second-order valence-electron chi connectivity index (χ2n) is 2.48. The summed E-state index contributed by atoms with van der Waals surface area (Å²) >= 11 is 3.40. The van der Waals surface area contributed by atoms with Crippen molar-refractivity contribution in [2.75, 3.05) is 0 Å². The third-order valence-electron chi connectivity index (χ3n) is 1.78. The number of fused-ring (bicyclic) bond motifs is 1. The Morgan fingerprint density at radius 2 is 2.25 bits per heavy atom. The van der Waals surface area contributed by atoms with Crippen LogP contribution in [0.15, 0.2) is 28.9 Å². The molecular weight excluding hydrogens is 216 g/mol. The zero-order valence-electron chi connectivity index (χ0n) is 6.13. The molecule has 0 amide bonds. The van der Waals surface area contributed by atoms with Crippen LogP contribution in [0.2, 0.25) is 0 Å². The molecule has 1 N–H and O–H groups in total. The minimum Gasteiger partial charge on any atom is -0.360 e. The van der Waals surface area contributed by atoms with E-state index in [0.29, 0.717) is 5.56 Å². The number of aromatic nitrogens is 1. The molecule has 1 aromatic carbocycles. The Hall–Kier alpha value is -1.27. The van der Waals surface area contributed by atoms with Gasteiger partial charge in [-0.3, -0.25) is 0 Å². The van der Waals surface area contributed by atoms with Gasteiger partial charge in [0.25, 0.3) is 0 Å². The number of aromatic amines is 1. The van der Waals surface area contributed by atoms with E-state index in [4.69, 9.17) is 5.26 Å². The van der Waals surface area contributed by atoms with Crippen molar-refractivity contribution in [3.8, 4) is 6.07 Å². The predicted molar refractivity (Wildman–Crippen MR) is 50.7 cm³/mol. The molecule has 3 heteroatoms. The first-order valence-electron chi connectivity index (χ1n) is 3.48. The lowest BCUT2D eigenvalue weighted by Gasteiger charge is -1.92. The Kier molecular flexibility index (Phi) is 1.63. The number of nitriles is 1. The zero-order valence-corrected chi connectivity index (χ0v) is 7.72. The molecule has 0 spiro atoms. The van der Waals surface area contributed by atoms with Crippen molar-refractivity contribution < 1.29 is 0 Å². The minimum atomic E-state index is 0.678. The standard InChI is InChI=1S/C9H5BrN2/c10-7-2-1-3-8-9(7)6(4-11)5-12-8/h1-3,5,12H. The van der Waals surface area contributed by atoms with Crippen molar-refractivity contribution in [2.45, 2.75) is 0 Å². The summed E-state index contributed by atoms with van der Waals surface area (Å²) in [6.07, 6.45) is 1.72. The maximum Gasteiger partial charge on any atom is 0.101 e. The van der Waals surface area contributed by atoms with Gasteiger partial charge in [-0.1, -0.05) is 22.0 Å². The van der Waals surface area contributed by atoms with Gasteiger partial charge >= 0.3 is 0 Å². The third kappa shape index (κ3) is 0.926. The minimum absolute atomic E-state index is 0.678. The molecule has 0 atom stereocenters. The van der Waals surface area contributed by atoms with E-state index in [9.17, 15) is 0 Å². The van der Waals surface area contributed by atoms with Gasteiger partial charge in [0.2, 0.25) is 0 Å². The van der Waals surface area contributed by atoms with Crippen LogP contribution in [0.1, 0.15) is 5.56 Å². The first-order valence-corrected chi connectivity index (χ1v) is 4.28. The van der Waals surface area contributed by atoms with Crippen molar-refractivity contribution >= 4 is 26.8 Å². The first kappa shape index (κ1) is 7.38. The Labute approximate surface area is 77.9 Å². The number of hydrogen-bond acceptors (Lipinski definition) is 1. The molecule has 0 saturated carbocycles. The van der Waals surface area contributed by atoms with Crippen LogP contribution < -0.4 is 0 Å². The predicted octanol–water partition coefficient (Wildman–Crippen LogP) is 2.80. The molecule has 2 aromatic rings. The molecule has 2 nitrogen and oxygen atoms in total. The van der Waals surface area contributed by atoms with Crippen LogP contribution in [0, 0.1) is 11.3 Å². The van der Waals surface area contributed by atoms with Gasteiger partial charge in [0.05, 0.1) is 5.56 Å². The number of H-pyrrole nitrogens is 1. The fourth-order valence-corrected chi connectivity index (χ4v) is 1.81. The number of halogens is 1. The highest BCUT2D eigenvalue weighted by Gasteiger charge is 2.04. The van der Waals surface area contributed by atoms with Crippen LogP contribution in [-0.4, -0.2) is 4.98 Å². The van der Waals surface area contributed by atoms with Gasteiger partial charge in [0.15, 0.2) is 0 Å². The lowest BCUT2D eigenvalue weighted by atomic mass is 10.2. The van der Waals surface area contributed by atoms with Crippen LogP contribution >= 0.6 is 15.9 Å². The van der Waals surface area contributed by atoms with Gasteiger partial charge < -0.3 is 4.98 Å². The molecule has 2 rings (SSSR count). The van der Waals surface area contributed by atoms with Crippen molar-refractivity contribution in [2.24, 2.45) is 0 Å². The van der Waals surface area contributed by atoms with E-state index in [1.165, 1.54) is 0 Å². The largest absolute Gasteiger partial charge is 0.360 e.